The van der Waals surface area contributed by atoms with Crippen molar-refractivity contribution < 1.29 is 23.0 Å². The van der Waals surface area contributed by atoms with Crippen molar-refractivity contribution in [3.8, 4) is 28.4 Å². The Morgan fingerprint density at radius 3 is 2.32 bits per heavy atom. The first-order valence-electron chi connectivity index (χ1n) is 10.7. The summed E-state index contributed by atoms with van der Waals surface area (Å²) < 4.78 is 37.1. The molecule has 1 N–H and O–H groups in total. The highest BCUT2D eigenvalue weighted by Gasteiger charge is 2.24. The van der Waals surface area contributed by atoms with Crippen LogP contribution in [0.25, 0.3) is 16.9 Å². The van der Waals surface area contributed by atoms with Crippen molar-refractivity contribution in [3.05, 3.63) is 90.1 Å². The second-order valence-electron chi connectivity index (χ2n) is 7.35. The average molecular weight is 463 g/mol. The Morgan fingerprint density at radius 2 is 1.68 bits per heavy atom. The van der Waals surface area contributed by atoms with Crippen LogP contribution in [0.2, 0.25) is 0 Å². The van der Waals surface area contributed by atoms with E-state index in [4.69, 9.17) is 9.84 Å². The maximum Gasteiger partial charge on any atom is 0.387 e. The molecule has 6 nitrogen and oxygen atoms in total. The third-order valence-corrected chi connectivity index (χ3v) is 5.11. The van der Waals surface area contributed by atoms with Gasteiger partial charge in [-0.1, -0.05) is 48.5 Å². The number of benzene rings is 3. The van der Waals surface area contributed by atoms with Crippen LogP contribution in [-0.4, -0.2) is 28.9 Å². The number of nitrogens with one attached hydrogen (secondary N) is 1. The van der Waals surface area contributed by atoms with Gasteiger partial charge in [-0.15, -0.1) is 0 Å². The monoisotopic (exact) mass is 463 g/mol. The zero-order valence-corrected chi connectivity index (χ0v) is 18.7. The smallest absolute Gasteiger partial charge is 0.387 e. The van der Waals surface area contributed by atoms with Gasteiger partial charge in [0, 0.05) is 17.3 Å². The van der Waals surface area contributed by atoms with Gasteiger partial charge in [0.15, 0.2) is 11.5 Å². The molecule has 4 rings (SSSR count). The Balaban J connectivity index is 1.73. The van der Waals surface area contributed by atoms with Gasteiger partial charge in [0.1, 0.15) is 5.69 Å². The Hall–Kier alpha value is -4.20. The van der Waals surface area contributed by atoms with E-state index in [-0.39, 0.29) is 24.0 Å². The van der Waals surface area contributed by atoms with E-state index in [9.17, 15) is 13.6 Å². The fourth-order valence-electron chi connectivity index (χ4n) is 3.63. The van der Waals surface area contributed by atoms with Gasteiger partial charge in [-0.25, -0.2) is 4.68 Å². The summed E-state index contributed by atoms with van der Waals surface area (Å²) in [5.74, 6) is -0.378. The molecule has 0 saturated carbocycles. The highest BCUT2D eigenvalue weighted by molar-refractivity contribution is 6.09. The van der Waals surface area contributed by atoms with E-state index in [1.165, 1.54) is 18.2 Å². The first kappa shape index (κ1) is 23.0. The van der Waals surface area contributed by atoms with Crippen LogP contribution in [0.15, 0.2) is 78.9 Å². The number of hydrogen-bond acceptors (Lipinski definition) is 4. The highest BCUT2D eigenvalue weighted by Crippen LogP contribution is 2.33. The molecule has 0 bridgehead atoms. The SMILES string of the molecule is CCOc1cc(NC(=O)c2c(-c3ccccc3)nn(-c3ccccc3)c2C)ccc1OC(F)F. The van der Waals surface area contributed by atoms with Gasteiger partial charge in [-0.05, 0) is 38.1 Å². The lowest BCUT2D eigenvalue weighted by Gasteiger charge is -2.13. The molecule has 1 aromatic heterocycles. The lowest BCUT2D eigenvalue weighted by Crippen LogP contribution is -2.14. The Bertz CT molecular complexity index is 1280. The zero-order chi connectivity index (χ0) is 24.1. The molecule has 0 saturated heterocycles. The van der Waals surface area contributed by atoms with Gasteiger partial charge in [0.2, 0.25) is 0 Å². The van der Waals surface area contributed by atoms with E-state index in [0.29, 0.717) is 22.6 Å². The number of carbonyl (C=O) groups is 1. The zero-order valence-electron chi connectivity index (χ0n) is 18.7. The summed E-state index contributed by atoms with van der Waals surface area (Å²) in [4.78, 5) is 13.4. The van der Waals surface area contributed by atoms with Crippen molar-refractivity contribution in [3.63, 3.8) is 0 Å². The van der Waals surface area contributed by atoms with Crippen molar-refractivity contribution in [2.24, 2.45) is 0 Å². The number of anilines is 1. The molecule has 4 aromatic rings. The molecular formula is C26H23F2N3O3. The van der Waals surface area contributed by atoms with Crippen molar-refractivity contribution in [1.82, 2.24) is 9.78 Å². The fourth-order valence-corrected chi connectivity index (χ4v) is 3.63. The van der Waals surface area contributed by atoms with Crippen LogP contribution in [0.3, 0.4) is 0 Å². The molecule has 1 heterocycles. The second-order valence-corrected chi connectivity index (χ2v) is 7.35. The summed E-state index contributed by atoms with van der Waals surface area (Å²) in [5, 5.41) is 7.57. The molecule has 0 radical (unpaired) electrons. The maximum atomic E-state index is 13.4. The van der Waals surface area contributed by atoms with Crippen LogP contribution < -0.4 is 14.8 Å². The predicted molar refractivity (Wildman–Crippen MR) is 126 cm³/mol. The molecule has 8 heteroatoms. The molecule has 0 atom stereocenters. The van der Waals surface area contributed by atoms with E-state index in [0.717, 1.165) is 11.3 Å². The standard InChI is InChI=1S/C26H23F2N3O3/c1-3-33-22-16-19(14-15-21(22)34-26(27)28)29-25(32)23-17(2)31(20-12-8-5-9-13-20)30-24(23)18-10-6-4-7-11-18/h4-16,26H,3H2,1-2H3,(H,29,32). The second kappa shape index (κ2) is 10.2. The number of ether oxygens (including phenoxy) is 2. The molecule has 0 fully saturated rings. The van der Waals surface area contributed by atoms with Crippen molar-refractivity contribution >= 4 is 11.6 Å². The van der Waals surface area contributed by atoms with E-state index in [2.05, 4.69) is 10.1 Å². The number of rotatable bonds is 8. The van der Waals surface area contributed by atoms with Gasteiger partial charge in [-0.2, -0.15) is 13.9 Å². The summed E-state index contributed by atoms with van der Waals surface area (Å²) in [7, 11) is 0. The number of para-hydroxylation sites is 1. The van der Waals surface area contributed by atoms with Crippen LogP contribution in [0.5, 0.6) is 11.5 Å². The van der Waals surface area contributed by atoms with Crippen LogP contribution in [0, 0.1) is 6.92 Å². The number of nitrogens with zero attached hydrogens (tertiary/aromatic N) is 2. The maximum absolute atomic E-state index is 13.4. The Labute approximate surface area is 195 Å². The van der Waals surface area contributed by atoms with E-state index in [1.54, 1.807) is 11.6 Å². The summed E-state index contributed by atoms with van der Waals surface area (Å²) >= 11 is 0. The third-order valence-electron chi connectivity index (χ3n) is 5.11. The van der Waals surface area contributed by atoms with E-state index < -0.39 is 6.61 Å². The number of alkyl halides is 2. The lowest BCUT2D eigenvalue weighted by molar-refractivity contribution is -0.0514. The number of aromatic nitrogens is 2. The number of amides is 1. The van der Waals surface area contributed by atoms with Crippen LogP contribution in [-0.2, 0) is 0 Å². The third kappa shape index (κ3) is 4.91. The summed E-state index contributed by atoms with van der Waals surface area (Å²) in [5.41, 5.74) is 3.58. The molecule has 3 aromatic carbocycles. The molecule has 1 amide bonds. The summed E-state index contributed by atoms with van der Waals surface area (Å²) in [6.45, 7) is 0.815. The molecule has 0 aliphatic rings. The lowest BCUT2D eigenvalue weighted by atomic mass is 10.1. The quantitative estimate of drug-likeness (QED) is 0.343. The average Bonchev–Trinajstić information content (AvgIpc) is 3.19. The molecule has 0 unspecified atom stereocenters. The van der Waals surface area contributed by atoms with Gasteiger partial charge in [0.05, 0.1) is 23.6 Å². The molecule has 0 spiro atoms. The number of halogens is 2. The van der Waals surface area contributed by atoms with E-state index in [1.807, 2.05) is 67.6 Å². The van der Waals surface area contributed by atoms with E-state index >= 15 is 0 Å². The molecule has 174 valence electrons. The largest absolute Gasteiger partial charge is 0.490 e. The molecule has 34 heavy (non-hydrogen) atoms. The summed E-state index contributed by atoms with van der Waals surface area (Å²) in [6, 6.07) is 23.2. The minimum Gasteiger partial charge on any atom is -0.490 e. The van der Waals surface area contributed by atoms with Crippen LogP contribution in [0.1, 0.15) is 23.0 Å². The first-order valence-corrected chi connectivity index (χ1v) is 10.7. The number of carbonyl (C=O) groups excluding carboxylic acids is 1. The molecule has 0 aliphatic carbocycles. The normalized spacial score (nSPS) is 10.9. The topological polar surface area (TPSA) is 65.4 Å². The molecular weight excluding hydrogens is 440 g/mol. The van der Waals surface area contributed by atoms with Crippen molar-refractivity contribution in [1.29, 1.82) is 0 Å². The molecule has 0 aliphatic heterocycles. The minimum absolute atomic E-state index is 0.104. The highest BCUT2D eigenvalue weighted by atomic mass is 19.3. The van der Waals surface area contributed by atoms with Crippen molar-refractivity contribution in [2.75, 3.05) is 11.9 Å². The van der Waals surface area contributed by atoms with Gasteiger partial charge < -0.3 is 14.8 Å². The number of hydrogen-bond donors (Lipinski definition) is 1. The van der Waals surface area contributed by atoms with Gasteiger partial charge >= 0.3 is 6.61 Å². The fraction of sp³-hybridized carbons (Fsp3) is 0.154. The first-order chi connectivity index (χ1) is 16.5. The predicted octanol–water partition coefficient (Wildman–Crippen LogP) is 6.10. The van der Waals surface area contributed by atoms with Gasteiger partial charge in [-0.3, -0.25) is 4.79 Å². The Morgan fingerprint density at radius 1 is 1.00 bits per heavy atom. The summed E-state index contributed by atoms with van der Waals surface area (Å²) in [6.07, 6.45) is 0. The van der Waals surface area contributed by atoms with Crippen LogP contribution >= 0.6 is 0 Å². The Kier molecular flexibility index (Phi) is 6.87. The van der Waals surface area contributed by atoms with Crippen molar-refractivity contribution in [2.45, 2.75) is 20.5 Å². The minimum atomic E-state index is -2.99. The van der Waals surface area contributed by atoms with Gasteiger partial charge in [0.25, 0.3) is 5.91 Å². The van der Waals surface area contributed by atoms with Crippen LogP contribution in [0.4, 0.5) is 14.5 Å².